The first-order valence-corrected chi connectivity index (χ1v) is 8.96. The molecule has 2 aromatic rings. The van der Waals surface area contributed by atoms with Crippen molar-refractivity contribution in [3.63, 3.8) is 0 Å². The number of esters is 1. The molecule has 6 N–H and O–H groups in total. The molecule has 0 saturated heterocycles. The summed E-state index contributed by atoms with van der Waals surface area (Å²) in [5.74, 6) is -0.0446. The minimum absolute atomic E-state index is 0.182. The van der Waals surface area contributed by atoms with Crippen LogP contribution in [0.1, 0.15) is 23.6 Å². The summed E-state index contributed by atoms with van der Waals surface area (Å²) in [7, 11) is 0. The van der Waals surface area contributed by atoms with Crippen LogP contribution < -0.4 is 21.9 Å². The third-order valence-corrected chi connectivity index (χ3v) is 4.51. The molecule has 128 valence electrons. The fourth-order valence-corrected chi connectivity index (χ4v) is 2.63. The molecule has 0 fully saturated rings. The summed E-state index contributed by atoms with van der Waals surface area (Å²) in [5.41, 5.74) is 19.8. The van der Waals surface area contributed by atoms with Crippen LogP contribution in [0.5, 0.6) is 5.75 Å². The summed E-state index contributed by atoms with van der Waals surface area (Å²) in [4.78, 5) is 12.0. The molecule has 0 spiro atoms. The highest BCUT2D eigenvalue weighted by atomic mass is 32.2. The number of carbonyl (C=O) groups is 1. The maximum absolute atomic E-state index is 12.0. The number of ether oxygens (including phenoxy) is 1. The Bertz CT molecular complexity index is 649. The van der Waals surface area contributed by atoms with E-state index in [1.54, 1.807) is 12.1 Å². The molecular formula is C18H23N3O2S. The Morgan fingerprint density at radius 2 is 1.58 bits per heavy atom. The van der Waals surface area contributed by atoms with Crippen molar-refractivity contribution in [2.75, 3.05) is 6.26 Å². The van der Waals surface area contributed by atoms with E-state index in [0.29, 0.717) is 12.2 Å². The van der Waals surface area contributed by atoms with E-state index in [-0.39, 0.29) is 11.4 Å². The van der Waals surface area contributed by atoms with Gasteiger partial charge >= 0.3 is 5.97 Å². The number of thioether (sulfide) groups is 1. The maximum Gasteiger partial charge on any atom is 0.328 e. The molecule has 2 aromatic carbocycles. The predicted molar refractivity (Wildman–Crippen MR) is 98.6 cm³/mol. The highest BCUT2D eigenvalue weighted by Crippen LogP contribution is 2.22. The normalized spacial score (nSPS) is 14.7. The Morgan fingerprint density at radius 1 is 1.00 bits per heavy atom. The first kappa shape index (κ1) is 18.5. The number of hydrogen-bond acceptors (Lipinski definition) is 6. The van der Waals surface area contributed by atoms with Gasteiger partial charge in [0, 0.05) is 0 Å². The Labute approximate surface area is 146 Å². The summed E-state index contributed by atoms with van der Waals surface area (Å²) >= 11 is 1.46. The Hall–Kier alpha value is -1.86. The molecular weight excluding hydrogens is 322 g/mol. The molecule has 2 rings (SSSR count). The van der Waals surface area contributed by atoms with Crippen molar-refractivity contribution in [1.82, 2.24) is 0 Å². The molecule has 5 nitrogen and oxygen atoms in total. The second-order valence-electron chi connectivity index (χ2n) is 5.49. The quantitative estimate of drug-likeness (QED) is 0.403. The van der Waals surface area contributed by atoms with E-state index in [4.69, 9.17) is 21.9 Å². The zero-order chi connectivity index (χ0) is 17.5. The Morgan fingerprint density at radius 3 is 2.17 bits per heavy atom. The van der Waals surface area contributed by atoms with E-state index in [1.807, 2.05) is 48.7 Å². The predicted octanol–water partition coefficient (Wildman–Crippen LogP) is 2.01. The lowest BCUT2D eigenvalue weighted by atomic mass is 10.00. The first-order chi connectivity index (χ1) is 11.5. The van der Waals surface area contributed by atoms with Crippen LogP contribution in [0.25, 0.3) is 0 Å². The monoisotopic (exact) mass is 345 g/mol. The molecule has 0 bridgehead atoms. The van der Waals surface area contributed by atoms with E-state index in [1.165, 1.54) is 11.8 Å². The van der Waals surface area contributed by atoms with E-state index in [9.17, 15) is 4.79 Å². The van der Waals surface area contributed by atoms with Crippen molar-refractivity contribution in [2.24, 2.45) is 17.2 Å². The van der Waals surface area contributed by atoms with Gasteiger partial charge in [-0.15, -0.1) is 11.8 Å². The van der Waals surface area contributed by atoms with Crippen LogP contribution >= 0.6 is 11.8 Å². The summed E-state index contributed by atoms with van der Waals surface area (Å²) in [5, 5.41) is -0.182. The van der Waals surface area contributed by atoms with Crippen molar-refractivity contribution >= 4 is 17.7 Å². The van der Waals surface area contributed by atoms with Crippen LogP contribution in [-0.4, -0.2) is 23.6 Å². The molecule has 0 amide bonds. The van der Waals surface area contributed by atoms with Crippen molar-refractivity contribution in [3.8, 4) is 5.75 Å². The van der Waals surface area contributed by atoms with Gasteiger partial charge in [-0.2, -0.15) is 0 Å². The number of hydrogen-bond donors (Lipinski definition) is 3. The van der Waals surface area contributed by atoms with Crippen LogP contribution in [0.15, 0.2) is 54.6 Å². The summed E-state index contributed by atoms with van der Waals surface area (Å²) in [6.45, 7) is 0. The third kappa shape index (κ3) is 5.07. The van der Waals surface area contributed by atoms with Crippen molar-refractivity contribution in [1.29, 1.82) is 0 Å². The van der Waals surface area contributed by atoms with E-state index < -0.39 is 12.0 Å². The second-order valence-corrected chi connectivity index (χ2v) is 6.57. The molecule has 0 radical (unpaired) electrons. The highest BCUT2D eigenvalue weighted by molar-refractivity contribution is 7.99. The maximum atomic E-state index is 12.0. The minimum atomic E-state index is -0.737. The lowest BCUT2D eigenvalue weighted by Gasteiger charge is -2.15. The van der Waals surface area contributed by atoms with Gasteiger partial charge in [0.1, 0.15) is 11.8 Å². The largest absolute Gasteiger partial charge is 0.425 e. The van der Waals surface area contributed by atoms with Crippen molar-refractivity contribution < 1.29 is 9.53 Å². The van der Waals surface area contributed by atoms with Gasteiger partial charge in [0.15, 0.2) is 0 Å². The standard InChI is InChI=1S/C18H23N3O2S/c1-24-16(20)11-15(19)18(22)23-14-9-7-13(8-10-14)17(21)12-5-3-2-4-6-12/h2-10,15-17H,11,19-21H2,1H3. The van der Waals surface area contributed by atoms with Crippen molar-refractivity contribution in [2.45, 2.75) is 23.9 Å². The Kier molecular flexibility index (Phi) is 6.81. The molecule has 0 aliphatic carbocycles. The number of benzene rings is 2. The average Bonchev–Trinajstić information content (AvgIpc) is 2.62. The number of nitrogens with two attached hydrogens (primary N) is 3. The van der Waals surface area contributed by atoms with Crippen LogP contribution in [0.2, 0.25) is 0 Å². The molecule has 3 unspecified atom stereocenters. The van der Waals surface area contributed by atoms with E-state index in [0.717, 1.165) is 11.1 Å². The third-order valence-electron chi connectivity index (χ3n) is 3.71. The highest BCUT2D eigenvalue weighted by Gasteiger charge is 2.19. The molecule has 0 heterocycles. The van der Waals surface area contributed by atoms with Crippen molar-refractivity contribution in [3.05, 3.63) is 65.7 Å². The molecule has 0 saturated carbocycles. The van der Waals surface area contributed by atoms with Crippen LogP contribution in [0, 0.1) is 0 Å². The lowest BCUT2D eigenvalue weighted by molar-refractivity contribution is -0.136. The summed E-state index contributed by atoms with van der Waals surface area (Å²) < 4.78 is 5.29. The van der Waals surface area contributed by atoms with Gasteiger partial charge in [0.2, 0.25) is 0 Å². The smallest absolute Gasteiger partial charge is 0.328 e. The van der Waals surface area contributed by atoms with E-state index >= 15 is 0 Å². The Balaban J connectivity index is 1.98. The second kappa shape index (κ2) is 8.84. The zero-order valence-electron chi connectivity index (χ0n) is 13.6. The number of carbonyl (C=O) groups excluding carboxylic acids is 1. The molecule has 6 heteroatoms. The summed E-state index contributed by atoms with van der Waals surface area (Å²) in [6, 6.07) is 16.0. The molecule has 0 aliphatic rings. The SMILES string of the molecule is CSC(N)CC(N)C(=O)Oc1ccc(C(N)c2ccccc2)cc1. The van der Waals surface area contributed by atoms with Crippen LogP contribution in [0.3, 0.4) is 0 Å². The fraction of sp³-hybridized carbons (Fsp3) is 0.278. The van der Waals surface area contributed by atoms with Gasteiger partial charge < -0.3 is 21.9 Å². The fourth-order valence-electron chi connectivity index (χ4n) is 2.23. The lowest BCUT2D eigenvalue weighted by Crippen LogP contribution is -2.38. The van der Waals surface area contributed by atoms with Gasteiger partial charge in [-0.3, -0.25) is 0 Å². The zero-order valence-corrected chi connectivity index (χ0v) is 14.4. The number of rotatable bonds is 7. The van der Waals surface area contributed by atoms with Gasteiger partial charge in [-0.25, -0.2) is 4.79 Å². The van der Waals surface area contributed by atoms with Gasteiger partial charge in [-0.05, 0) is 35.9 Å². The van der Waals surface area contributed by atoms with Gasteiger partial charge in [0.25, 0.3) is 0 Å². The molecule has 0 aliphatic heterocycles. The summed E-state index contributed by atoms with van der Waals surface area (Å²) in [6.07, 6.45) is 2.24. The topological polar surface area (TPSA) is 104 Å². The molecule has 3 atom stereocenters. The van der Waals surface area contributed by atoms with E-state index in [2.05, 4.69) is 0 Å². The average molecular weight is 345 g/mol. The molecule has 24 heavy (non-hydrogen) atoms. The first-order valence-electron chi connectivity index (χ1n) is 7.67. The van der Waals surface area contributed by atoms with Crippen LogP contribution in [0.4, 0.5) is 0 Å². The molecule has 0 aromatic heterocycles. The minimum Gasteiger partial charge on any atom is -0.425 e. The van der Waals surface area contributed by atoms with Gasteiger partial charge in [0.05, 0.1) is 11.4 Å². The van der Waals surface area contributed by atoms with Gasteiger partial charge in [-0.1, -0.05) is 42.5 Å². The van der Waals surface area contributed by atoms with Crippen LogP contribution in [-0.2, 0) is 4.79 Å².